The fraction of sp³-hybridized carbons (Fsp3) is 0.750. The predicted molar refractivity (Wildman–Crippen MR) is 67.3 cm³/mol. The van der Waals surface area contributed by atoms with Crippen molar-refractivity contribution in [3.63, 3.8) is 0 Å². The maximum atomic E-state index is 5.57. The van der Waals surface area contributed by atoms with Gasteiger partial charge in [0, 0.05) is 14.2 Å². The quantitative estimate of drug-likeness (QED) is 0.820. The molecule has 0 saturated carbocycles. The molecule has 5 heteroatoms. The molecule has 98 valence electrons. The van der Waals surface area contributed by atoms with Crippen molar-refractivity contribution in [2.24, 2.45) is 7.05 Å². The molecule has 0 aliphatic rings. The van der Waals surface area contributed by atoms with Crippen LogP contribution < -0.4 is 10.1 Å². The third-order valence-electron chi connectivity index (χ3n) is 3.07. The van der Waals surface area contributed by atoms with Gasteiger partial charge in [0.1, 0.15) is 0 Å². The van der Waals surface area contributed by atoms with Crippen LogP contribution in [0.25, 0.3) is 0 Å². The first-order valence-electron chi connectivity index (χ1n) is 5.82. The van der Waals surface area contributed by atoms with E-state index < -0.39 is 0 Å². The van der Waals surface area contributed by atoms with Gasteiger partial charge in [-0.1, -0.05) is 6.92 Å². The molecule has 0 fully saturated rings. The number of hydrogen-bond acceptors (Lipinski definition) is 4. The largest absolute Gasteiger partial charge is 0.493 e. The Morgan fingerprint density at radius 2 is 2.12 bits per heavy atom. The Kier molecular flexibility index (Phi) is 4.54. The number of rotatable bonds is 6. The average molecular weight is 241 g/mol. The lowest BCUT2D eigenvalue weighted by atomic mass is 9.95. The summed E-state index contributed by atoms with van der Waals surface area (Å²) >= 11 is 0. The molecule has 1 N–H and O–H groups in total. The summed E-state index contributed by atoms with van der Waals surface area (Å²) in [6, 6.07) is 0.0277. The smallest absolute Gasteiger partial charge is 0.161 e. The predicted octanol–water partition coefficient (Wildman–Crippen LogP) is 1.50. The molecule has 1 heterocycles. The van der Waals surface area contributed by atoms with Crippen LogP contribution in [0.3, 0.4) is 0 Å². The summed E-state index contributed by atoms with van der Waals surface area (Å²) in [6.45, 7) is 7.02. The first-order chi connectivity index (χ1) is 7.97. The zero-order valence-electron chi connectivity index (χ0n) is 11.6. The lowest BCUT2D eigenvalue weighted by molar-refractivity contribution is -0.0134. The van der Waals surface area contributed by atoms with E-state index in [2.05, 4.69) is 17.3 Å². The van der Waals surface area contributed by atoms with E-state index in [4.69, 9.17) is 9.47 Å². The molecule has 0 saturated heterocycles. The molecular formula is C12H23N3O2. The Balaban J connectivity index is 3.17. The number of hydrogen-bond donors (Lipinski definition) is 1. The monoisotopic (exact) mass is 241 g/mol. The van der Waals surface area contributed by atoms with E-state index in [-0.39, 0.29) is 11.6 Å². The summed E-state index contributed by atoms with van der Waals surface area (Å²) in [6.07, 6.45) is 1.73. The molecule has 1 aromatic rings. The number of aryl methyl sites for hydroxylation is 1. The Hall–Kier alpha value is -1.07. The van der Waals surface area contributed by atoms with Gasteiger partial charge in [-0.2, -0.15) is 5.10 Å². The van der Waals surface area contributed by atoms with E-state index in [0.29, 0.717) is 0 Å². The fourth-order valence-corrected chi connectivity index (χ4v) is 1.91. The van der Waals surface area contributed by atoms with Crippen molar-refractivity contribution in [2.45, 2.75) is 32.4 Å². The minimum atomic E-state index is -0.336. The van der Waals surface area contributed by atoms with Gasteiger partial charge in [0.15, 0.2) is 5.75 Å². The van der Waals surface area contributed by atoms with Crippen LogP contribution in [0.1, 0.15) is 32.5 Å². The Labute approximate surface area is 103 Å². The fourth-order valence-electron chi connectivity index (χ4n) is 1.91. The van der Waals surface area contributed by atoms with E-state index >= 15 is 0 Å². The van der Waals surface area contributed by atoms with Crippen molar-refractivity contribution in [1.29, 1.82) is 0 Å². The number of ether oxygens (including phenoxy) is 2. The normalized spacial score (nSPS) is 13.8. The summed E-state index contributed by atoms with van der Waals surface area (Å²) in [5, 5.41) is 7.66. The van der Waals surface area contributed by atoms with Crippen LogP contribution in [-0.2, 0) is 11.8 Å². The molecule has 0 aliphatic heterocycles. The molecule has 0 aromatic carbocycles. The van der Waals surface area contributed by atoms with E-state index in [9.17, 15) is 0 Å². The second-order valence-electron chi connectivity index (χ2n) is 4.52. The number of methoxy groups -OCH3 is 2. The zero-order valence-corrected chi connectivity index (χ0v) is 11.6. The van der Waals surface area contributed by atoms with Crippen LogP contribution in [0.4, 0.5) is 0 Å². The minimum absolute atomic E-state index is 0.0277. The van der Waals surface area contributed by atoms with E-state index in [1.165, 1.54) is 0 Å². The van der Waals surface area contributed by atoms with Gasteiger partial charge < -0.3 is 14.8 Å². The minimum Gasteiger partial charge on any atom is -0.493 e. The lowest BCUT2D eigenvalue weighted by Crippen LogP contribution is -2.42. The van der Waals surface area contributed by atoms with Crippen molar-refractivity contribution >= 4 is 0 Å². The van der Waals surface area contributed by atoms with Crippen molar-refractivity contribution in [3.8, 4) is 5.75 Å². The van der Waals surface area contributed by atoms with Crippen LogP contribution in [0.5, 0.6) is 5.75 Å². The van der Waals surface area contributed by atoms with Crippen LogP contribution in [0, 0.1) is 0 Å². The molecule has 0 bridgehead atoms. The molecule has 0 spiro atoms. The van der Waals surface area contributed by atoms with E-state index in [1.54, 1.807) is 20.4 Å². The molecule has 5 nitrogen and oxygen atoms in total. The number of nitrogens with one attached hydrogen (secondary N) is 1. The number of aromatic nitrogens is 2. The highest BCUT2D eigenvalue weighted by atomic mass is 16.5. The maximum absolute atomic E-state index is 5.57. The second kappa shape index (κ2) is 5.51. The van der Waals surface area contributed by atoms with Gasteiger partial charge in [-0.05, 0) is 20.4 Å². The highest BCUT2D eigenvalue weighted by molar-refractivity contribution is 5.30. The van der Waals surface area contributed by atoms with Gasteiger partial charge >= 0.3 is 0 Å². The van der Waals surface area contributed by atoms with E-state index in [1.807, 2.05) is 25.6 Å². The number of likely N-dealkylation sites (N-methyl/N-ethyl adjacent to an activating group) is 1. The highest BCUT2D eigenvalue weighted by Gasteiger charge is 2.34. The van der Waals surface area contributed by atoms with Gasteiger partial charge in [-0.25, -0.2) is 0 Å². The third-order valence-corrected chi connectivity index (χ3v) is 3.07. The molecule has 0 aliphatic carbocycles. The molecule has 0 amide bonds. The summed E-state index contributed by atoms with van der Waals surface area (Å²) in [5.74, 6) is 0.781. The molecule has 1 atom stereocenters. The molecule has 1 unspecified atom stereocenters. The second-order valence-corrected chi connectivity index (χ2v) is 4.52. The molecular weight excluding hydrogens is 218 g/mol. The van der Waals surface area contributed by atoms with Gasteiger partial charge in [0.05, 0.1) is 30.6 Å². The third kappa shape index (κ3) is 2.79. The van der Waals surface area contributed by atoms with Gasteiger partial charge in [0.2, 0.25) is 0 Å². The summed E-state index contributed by atoms with van der Waals surface area (Å²) in [7, 11) is 5.28. The van der Waals surface area contributed by atoms with E-state index in [0.717, 1.165) is 18.0 Å². The molecule has 1 rings (SSSR count). The lowest BCUT2D eigenvalue weighted by Gasteiger charge is -2.34. The molecule has 0 radical (unpaired) electrons. The SMILES string of the molecule is CCNC(c1c(OC)cnn1C)C(C)(C)OC. The standard InChI is InChI=1S/C12H23N3O2/c1-7-13-11(12(2,3)17-6)10-9(16-5)8-14-15(10)4/h8,11,13H,7H2,1-6H3. The first kappa shape index (κ1) is 14.0. The molecule has 1 aromatic heterocycles. The maximum Gasteiger partial charge on any atom is 0.161 e. The Morgan fingerprint density at radius 1 is 1.47 bits per heavy atom. The Bertz CT molecular complexity index is 361. The number of nitrogens with zero attached hydrogens (tertiary/aromatic N) is 2. The first-order valence-corrected chi connectivity index (χ1v) is 5.82. The average Bonchev–Trinajstić information content (AvgIpc) is 2.67. The van der Waals surface area contributed by atoms with Crippen LogP contribution in [-0.4, -0.2) is 36.1 Å². The van der Waals surface area contributed by atoms with Crippen LogP contribution in [0.15, 0.2) is 6.20 Å². The van der Waals surface area contributed by atoms with Crippen LogP contribution >= 0.6 is 0 Å². The molecule has 17 heavy (non-hydrogen) atoms. The highest BCUT2D eigenvalue weighted by Crippen LogP contribution is 2.33. The summed E-state index contributed by atoms with van der Waals surface area (Å²) < 4.78 is 12.8. The van der Waals surface area contributed by atoms with Crippen molar-refractivity contribution in [3.05, 3.63) is 11.9 Å². The summed E-state index contributed by atoms with van der Waals surface area (Å²) in [5.41, 5.74) is 0.665. The summed E-state index contributed by atoms with van der Waals surface area (Å²) in [4.78, 5) is 0. The van der Waals surface area contributed by atoms with Gasteiger partial charge in [-0.15, -0.1) is 0 Å². The Morgan fingerprint density at radius 3 is 2.59 bits per heavy atom. The van der Waals surface area contributed by atoms with Crippen LogP contribution in [0.2, 0.25) is 0 Å². The van der Waals surface area contributed by atoms with Crippen molar-refractivity contribution in [1.82, 2.24) is 15.1 Å². The van der Waals surface area contributed by atoms with Gasteiger partial charge in [-0.3, -0.25) is 4.68 Å². The topological polar surface area (TPSA) is 48.3 Å². The van der Waals surface area contributed by atoms with Crippen molar-refractivity contribution < 1.29 is 9.47 Å². The van der Waals surface area contributed by atoms with Crippen molar-refractivity contribution in [2.75, 3.05) is 20.8 Å². The zero-order chi connectivity index (χ0) is 13.1. The van der Waals surface area contributed by atoms with Gasteiger partial charge in [0.25, 0.3) is 0 Å².